The van der Waals surface area contributed by atoms with Crippen molar-refractivity contribution in [1.29, 1.82) is 0 Å². The summed E-state index contributed by atoms with van der Waals surface area (Å²) in [7, 11) is 0. The van der Waals surface area contributed by atoms with Crippen LogP contribution in [0.1, 0.15) is 32.9 Å². The fourth-order valence-electron chi connectivity index (χ4n) is 3.01. The molecule has 3 rings (SSSR count). The van der Waals surface area contributed by atoms with Crippen LogP contribution in [-0.2, 0) is 17.6 Å². The minimum atomic E-state index is -0.308. The zero-order valence-corrected chi connectivity index (χ0v) is 16.5. The molecule has 0 spiro atoms. The number of carbonyl (C=O) groups is 2. The molecule has 1 aliphatic rings. The summed E-state index contributed by atoms with van der Waals surface area (Å²) in [4.78, 5) is 37.4. The van der Waals surface area contributed by atoms with Gasteiger partial charge in [-0.05, 0) is 38.0 Å². The van der Waals surface area contributed by atoms with E-state index < -0.39 is 0 Å². The maximum absolute atomic E-state index is 12.9. The number of hydrogen-bond acceptors (Lipinski definition) is 6. The summed E-state index contributed by atoms with van der Waals surface area (Å²) >= 11 is 1.47. The Balaban J connectivity index is 1.57. The average molecular weight is 388 g/mol. The molecule has 1 fully saturated rings. The zero-order valence-electron chi connectivity index (χ0n) is 15.7. The van der Waals surface area contributed by atoms with Gasteiger partial charge in [-0.3, -0.25) is 9.78 Å². The fourth-order valence-corrected chi connectivity index (χ4v) is 4.04. The second-order valence-electron chi connectivity index (χ2n) is 6.36. The van der Waals surface area contributed by atoms with E-state index in [9.17, 15) is 9.59 Å². The van der Waals surface area contributed by atoms with Crippen molar-refractivity contribution in [3.05, 3.63) is 45.7 Å². The van der Waals surface area contributed by atoms with Crippen LogP contribution in [0.5, 0.6) is 0 Å². The van der Waals surface area contributed by atoms with Crippen LogP contribution in [0.3, 0.4) is 0 Å². The highest BCUT2D eigenvalue weighted by atomic mass is 32.1. The van der Waals surface area contributed by atoms with Gasteiger partial charge in [-0.25, -0.2) is 9.78 Å². The molecule has 144 valence electrons. The van der Waals surface area contributed by atoms with Gasteiger partial charge < -0.3 is 14.5 Å². The first-order valence-electron chi connectivity index (χ1n) is 9.14. The van der Waals surface area contributed by atoms with Crippen LogP contribution >= 0.6 is 11.3 Å². The molecule has 0 radical (unpaired) electrons. The van der Waals surface area contributed by atoms with E-state index in [0.29, 0.717) is 37.7 Å². The number of nitrogens with zero attached hydrogens (tertiary/aromatic N) is 4. The molecule has 0 N–H and O–H groups in total. The zero-order chi connectivity index (χ0) is 19.2. The Morgan fingerprint density at radius 3 is 2.44 bits per heavy atom. The fraction of sp³-hybridized carbons (Fsp3) is 0.474. The predicted octanol–water partition coefficient (Wildman–Crippen LogP) is 2.55. The SMILES string of the molecule is CCOC(=O)N1CCN(C(=O)c2sc(CCc3ccncc3)nc2C)CC1. The Bertz CT molecular complexity index is 786. The lowest BCUT2D eigenvalue weighted by molar-refractivity contribution is 0.0573. The van der Waals surface area contributed by atoms with Crippen molar-refractivity contribution in [2.24, 2.45) is 0 Å². The number of aromatic nitrogens is 2. The summed E-state index contributed by atoms with van der Waals surface area (Å²) in [6, 6.07) is 3.99. The number of aryl methyl sites for hydroxylation is 3. The van der Waals surface area contributed by atoms with Gasteiger partial charge in [-0.15, -0.1) is 11.3 Å². The molecule has 3 heterocycles. The number of pyridine rings is 1. The quantitative estimate of drug-likeness (QED) is 0.787. The van der Waals surface area contributed by atoms with Crippen molar-refractivity contribution in [3.8, 4) is 0 Å². The third-order valence-electron chi connectivity index (χ3n) is 4.50. The Morgan fingerprint density at radius 1 is 1.11 bits per heavy atom. The van der Waals surface area contributed by atoms with Crippen molar-refractivity contribution < 1.29 is 14.3 Å². The van der Waals surface area contributed by atoms with Gasteiger partial charge in [0, 0.05) is 45.0 Å². The van der Waals surface area contributed by atoms with Crippen molar-refractivity contribution >= 4 is 23.3 Å². The third kappa shape index (κ3) is 4.82. The van der Waals surface area contributed by atoms with E-state index in [1.807, 2.05) is 19.1 Å². The molecule has 7 nitrogen and oxygen atoms in total. The van der Waals surface area contributed by atoms with Crippen LogP contribution in [-0.4, -0.2) is 64.6 Å². The first kappa shape index (κ1) is 19.3. The maximum Gasteiger partial charge on any atom is 0.409 e. The van der Waals surface area contributed by atoms with E-state index in [1.165, 1.54) is 16.9 Å². The highest BCUT2D eigenvalue weighted by Gasteiger charge is 2.27. The third-order valence-corrected chi connectivity index (χ3v) is 5.71. The topological polar surface area (TPSA) is 75.6 Å². The first-order valence-corrected chi connectivity index (χ1v) is 9.96. The minimum Gasteiger partial charge on any atom is -0.450 e. The standard InChI is InChI=1S/C19H24N4O3S/c1-3-26-19(25)23-12-10-22(11-13-23)18(24)17-14(2)21-16(27-17)5-4-15-6-8-20-9-7-15/h6-9H,3-5,10-13H2,1-2H3. The van der Waals surface area contributed by atoms with Gasteiger partial charge in [-0.1, -0.05) is 0 Å². The van der Waals surface area contributed by atoms with Gasteiger partial charge in [0.25, 0.3) is 5.91 Å². The number of rotatable bonds is 5. The van der Waals surface area contributed by atoms with Gasteiger partial charge in [0.15, 0.2) is 0 Å². The molecule has 0 atom stereocenters. The summed E-state index contributed by atoms with van der Waals surface area (Å²) in [5.74, 6) is 0.00340. The molecule has 0 unspecified atom stereocenters. The van der Waals surface area contributed by atoms with Crippen LogP contribution in [0.2, 0.25) is 0 Å². The second kappa shape index (κ2) is 8.94. The Kier molecular flexibility index (Phi) is 6.39. The molecule has 8 heteroatoms. The molecule has 2 aromatic rings. The lowest BCUT2D eigenvalue weighted by Crippen LogP contribution is -2.50. The van der Waals surface area contributed by atoms with Crippen LogP contribution in [0.15, 0.2) is 24.5 Å². The molecule has 0 aromatic carbocycles. The molecule has 1 aliphatic heterocycles. The number of ether oxygens (including phenoxy) is 1. The number of hydrogen-bond donors (Lipinski definition) is 0. The van der Waals surface area contributed by atoms with Crippen LogP contribution < -0.4 is 0 Å². The summed E-state index contributed by atoms with van der Waals surface area (Å²) in [6.07, 6.45) is 4.94. The molecule has 2 aromatic heterocycles. The molecule has 0 bridgehead atoms. The Labute approximate surface area is 163 Å². The number of thiazole rings is 1. The molecule has 0 aliphatic carbocycles. The highest BCUT2D eigenvalue weighted by molar-refractivity contribution is 7.13. The lowest BCUT2D eigenvalue weighted by atomic mass is 10.1. The number of piperazine rings is 1. The molecule has 27 heavy (non-hydrogen) atoms. The minimum absolute atomic E-state index is 0.00340. The monoisotopic (exact) mass is 388 g/mol. The summed E-state index contributed by atoms with van der Waals surface area (Å²) < 4.78 is 5.02. The normalized spacial score (nSPS) is 14.3. The smallest absolute Gasteiger partial charge is 0.409 e. The van der Waals surface area contributed by atoms with Crippen LogP contribution in [0.4, 0.5) is 4.79 Å². The summed E-state index contributed by atoms with van der Waals surface area (Å²) in [5.41, 5.74) is 1.99. The summed E-state index contributed by atoms with van der Waals surface area (Å²) in [6.45, 7) is 6.06. The van der Waals surface area contributed by atoms with Crippen molar-refractivity contribution in [3.63, 3.8) is 0 Å². The van der Waals surface area contributed by atoms with Gasteiger partial charge in [0.2, 0.25) is 0 Å². The molecule has 1 saturated heterocycles. The largest absolute Gasteiger partial charge is 0.450 e. The van der Waals surface area contributed by atoms with E-state index >= 15 is 0 Å². The number of amides is 2. The van der Waals surface area contributed by atoms with E-state index in [-0.39, 0.29) is 12.0 Å². The summed E-state index contributed by atoms with van der Waals surface area (Å²) in [5, 5.41) is 0.970. The van der Waals surface area contributed by atoms with Crippen molar-refractivity contribution in [1.82, 2.24) is 19.8 Å². The lowest BCUT2D eigenvalue weighted by Gasteiger charge is -2.33. The highest BCUT2D eigenvalue weighted by Crippen LogP contribution is 2.22. The van der Waals surface area contributed by atoms with E-state index in [2.05, 4.69) is 9.97 Å². The van der Waals surface area contributed by atoms with Crippen molar-refractivity contribution in [2.75, 3.05) is 32.8 Å². The second-order valence-corrected chi connectivity index (χ2v) is 7.44. The molecule has 2 amide bonds. The van der Waals surface area contributed by atoms with Crippen molar-refractivity contribution in [2.45, 2.75) is 26.7 Å². The van der Waals surface area contributed by atoms with Gasteiger partial charge >= 0.3 is 6.09 Å². The predicted molar refractivity (Wildman–Crippen MR) is 103 cm³/mol. The van der Waals surface area contributed by atoms with E-state index in [4.69, 9.17) is 4.74 Å². The Morgan fingerprint density at radius 2 is 1.78 bits per heavy atom. The van der Waals surface area contributed by atoms with Gasteiger partial charge in [0.1, 0.15) is 4.88 Å². The first-order chi connectivity index (χ1) is 13.1. The van der Waals surface area contributed by atoms with Crippen LogP contribution in [0.25, 0.3) is 0 Å². The van der Waals surface area contributed by atoms with Gasteiger partial charge in [-0.2, -0.15) is 0 Å². The number of carbonyl (C=O) groups excluding carboxylic acids is 2. The van der Waals surface area contributed by atoms with E-state index in [0.717, 1.165) is 23.5 Å². The van der Waals surface area contributed by atoms with Crippen LogP contribution in [0, 0.1) is 6.92 Å². The molecular weight excluding hydrogens is 364 g/mol. The van der Waals surface area contributed by atoms with Gasteiger partial charge in [0.05, 0.1) is 17.3 Å². The maximum atomic E-state index is 12.9. The van der Waals surface area contributed by atoms with E-state index in [1.54, 1.807) is 29.1 Å². The molecule has 0 saturated carbocycles. The Hall–Kier alpha value is -2.48. The average Bonchev–Trinajstić information content (AvgIpc) is 3.07. The molecular formula is C19H24N4O3S.